The monoisotopic (exact) mass is 243 g/mol. The van der Waals surface area contributed by atoms with Crippen molar-refractivity contribution < 1.29 is 0 Å². The van der Waals surface area contributed by atoms with Gasteiger partial charge < -0.3 is 9.88 Å². The van der Waals surface area contributed by atoms with Gasteiger partial charge in [0.15, 0.2) is 0 Å². The van der Waals surface area contributed by atoms with Crippen molar-refractivity contribution in [1.82, 2.24) is 25.1 Å². The molecule has 1 aliphatic heterocycles. The number of rotatable bonds is 3. The van der Waals surface area contributed by atoms with Crippen LogP contribution in [0.2, 0.25) is 0 Å². The van der Waals surface area contributed by atoms with Crippen LogP contribution in [0.4, 0.5) is 0 Å². The molecule has 1 fully saturated rings. The van der Waals surface area contributed by atoms with E-state index in [2.05, 4.69) is 25.1 Å². The van der Waals surface area contributed by atoms with Crippen LogP contribution in [0.25, 0.3) is 0 Å². The maximum absolute atomic E-state index is 4.27. The van der Waals surface area contributed by atoms with Gasteiger partial charge in [0.1, 0.15) is 12.2 Å². The number of nitrogens with one attached hydrogen (secondary N) is 1. The van der Waals surface area contributed by atoms with Crippen LogP contribution < -0.4 is 5.32 Å². The molecule has 3 heterocycles. The SMILES string of the molecule is c1cc(Cn2cnnc2C2CCCCN2)ccn1. The zero-order chi connectivity index (χ0) is 12.2. The van der Waals surface area contributed by atoms with Crippen LogP contribution in [0.15, 0.2) is 30.9 Å². The lowest BCUT2D eigenvalue weighted by molar-refractivity contribution is 0.387. The minimum absolute atomic E-state index is 0.350. The van der Waals surface area contributed by atoms with Crippen molar-refractivity contribution in [2.75, 3.05) is 6.54 Å². The molecule has 1 saturated heterocycles. The molecular weight excluding hydrogens is 226 g/mol. The second kappa shape index (κ2) is 5.27. The van der Waals surface area contributed by atoms with Crippen LogP contribution >= 0.6 is 0 Å². The Morgan fingerprint density at radius 2 is 2.17 bits per heavy atom. The van der Waals surface area contributed by atoms with Gasteiger partial charge >= 0.3 is 0 Å². The predicted octanol–water partition coefficient (Wildman–Crippen LogP) is 1.54. The first-order valence-corrected chi connectivity index (χ1v) is 6.43. The summed E-state index contributed by atoms with van der Waals surface area (Å²) in [5.74, 6) is 1.05. The van der Waals surface area contributed by atoms with Gasteiger partial charge in [-0.3, -0.25) is 4.98 Å². The van der Waals surface area contributed by atoms with E-state index in [0.29, 0.717) is 6.04 Å². The van der Waals surface area contributed by atoms with E-state index in [1.165, 1.54) is 18.4 Å². The van der Waals surface area contributed by atoms with E-state index in [1.807, 2.05) is 30.9 Å². The van der Waals surface area contributed by atoms with Gasteiger partial charge in [0.25, 0.3) is 0 Å². The molecule has 94 valence electrons. The van der Waals surface area contributed by atoms with Crippen LogP contribution in [0.5, 0.6) is 0 Å². The summed E-state index contributed by atoms with van der Waals surface area (Å²) in [6.45, 7) is 1.88. The van der Waals surface area contributed by atoms with Crippen LogP contribution in [0.1, 0.15) is 36.7 Å². The largest absolute Gasteiger partial charge is 0.312 e. The first kappa shape index (κ1) is 11.3. The molecule has 18 heavy (non-hydrogen) atoms. The first-order valence-electron chi connectivity index (χ1n) is 6.43. The summed E-state index contributed by atoms with van der Waals surface area (Å²) in [6.07, 6.45) is 9.12. The Labute approximate surface area is 106 Å². The number of hydrogen-bond acceptors (Lipinski definition) is 4. The molecule has 3 rings (SSSR count). The Balaban J connectivity index is 1.78. The second-order valence-electron chi connectivity index (χ2n) is 4.67. The third kappa shape index (κ3) is 2.41. The van der Waals surface area contributed by atoms with E-state index in [0.717, 1.165) is 25.3 Å². The molecule has 1 N–H and O–H groups in total. The van der Waals surface area contributed by atoms with E-state index in [9.17, 15) is 0 Å². The molecule has 1 atom stereocenters. The third-order valence-electron chi connectivity index (χ3n) is 3.37. The second-order valence-corrected chi connectivity index (χ2v) is 4.67. The van der Waals surface area contributed by atoms with Gasteiger partial charge in [-0.1, -0.05) is 6.42 Å². The van der Waals surface area contributed by atoms with E-state index in [-0.39, 0.29) is 0 Å². The molecule has 1 aliphatic rings. The van der Waals surface area contributed by atoms with Crippen LogP contribution in [-0.4, -0.2) is 26.3 Å². The maximum atomic E-state index is 4.27. The molecule has 1 unspecified atom stereocenters. The highest BCUT2D eigenvalue weighted by molar-refractivity contribution is 5.11. The van der Waals surface area contributed by atoms with Gasteiger partial charge in [-0.05, 0) is 37.1 Å². The highest BCUT2D eigenvalue weighted by atomic mass is 15.3. The number of piperidine rings is 1. The van der Waals surface area contributed by atoms with Crippen molar-refractivity contribution in [3.05, 3.63) is 42.2 Å². The summed E-state index contributed by atoms with van der Waals surface area (Å²) in [6, 6.07) is 4.40. The predicted molar refractivity (Wildman–Crippen MR) is 68.0 cm³/mol. The summed E-state index contributed by atoms with van der Waals surface area (Å²) in [7, 11) is 0. The van der Waals surface area contributed by atoms with E-state index in [4.69, 9.17) is 0 Å². The smallest absolute Gasteiger partial charge is 0.150 e. The van der Waals surface area contributed by atoms with Gasteiger partial charge in [0.2, 0.25) is 0 Å². The van der Waals surface area contributed by atoms with Crippen LogP contribution in [0.3, 0.4) is 0 Å². The minimum Gasteiger partial charge on any atom is -0.312 e. The molecular formula is C13H17N5. The highest BCUT2D eigenvalue weighted by Crippen LogP contribution is 2.21. The Bertz CT molecular complexity index is 487. The lowest BCUT2D eigenvalue weighted by Gasteiger charge is -2.23. The lowest BCUT2D eigenvalue weighted by atomic mass is 10.0. The summed E-state index contributed by atoms with van der Waals surface area (Å²) in [5, 5.41) is 11.8. The standard InChI is InChI=1S/C13H17N5/c1-2-6-15-12(3-1)13-17-16-10-18(13)9-11-4-7-14-8-5-11/h4-5,7-8,10,12,15H,1-3,6,9H2. The molecule has 5 heteroatoms. The average molecular weight is 243 g/mol. The van der Waals surface area contributed by atoms with E-state index >= 15 is 0 Å². The normalized spacial score (nSPS) is 19.9. The van der Waals surface area contributed by atoms with Crippen molar-refractivity contribution in [3.63, 3.8) is 0 Å². The van der Waals surface area contributed by atoms with Crippen molar-refractivity contribution in [3.8, 4) is 0 Å². The number of hydrogen-bond donors (Lipinski definition) is 1. The highest BCUT2D eigenvalue weighted by Gasteiger charge is 2.19. The van der Waals surface area contributed by atoms with Gasteiger partial charge in [0, 0.05) is 12.4 Å². The Hall–Kier alpha value is -1.75. The molecule has 5 nitrogen and oxygen atoms in total. The molecule has 0 bridgehead atoms. The summed E-state index contributed by atoms with van der Waals surface area (Å²) in [5.41, 5.74) is 1.22. The van der Waals surface area contributed by atoms with E-state index < -0.39 is 0 Å². The summed E-state index contributed by atoms with van der Waals surface area (Å²) >= 11 is 0. The number of pyridine rings is 1. The van der Waals surface area contributed by atoms with Gasteiger partial charge in [-0.2, -0.15) is 0 Å². The topological polar surface area (TPSA) is 55.6 Å². The molecule has 0 amide bonds. The molecule has 0 aliphatic carbocycles. The van der Waals surface area contributed by atoms with E-state index in [1.54, 1.807) is 0 Å². The molecule has 2 aromatic rings. The third-order valence-corrected chi connectivity index (χ3v) is 3.37. The quantitative estimate of drug-likeness (QED) is 0.888. The Morgan fingerprint density at radius 1 is 1.28 bits per heavy atom. The molecule has 2 aromatic heterocycles. The van der Waals surface area contributed by atoms with Crippen molar-refractivity contribution >= 4 is 0 Å². The molecule has 0 spiro atoms. The van der Waals surface area contributed by atoms with Crippen LogP contribution in [-0.2, 0) is 6.54 Å². The number of nitrogens with zero attached hydrogens (tertiary/aromatic N) is 4. The molecule has 0 aromatic carbocycles. The van der Waals surface area contributed by atoms with Crippen molar-refractivity contribution in [1.29, 1.82) is 0 Å². The van der Waals surface area contributed by atoms with Gasteiger partial charge in [-0.25, -0.2) is 0 Å². The fourth-order valence-electron chi connectivity index (χ4n) is 2.41. The molecule has 0 saturated carbocycles. The minimum atomic E-state index is 0.350. The zero-order valence-electron chi connectivity index (χ0n) is 10.3. The Morgan fingerprint density at radius 3 is 2.94 bits per heavy atom. The number of aromatic nitrogens is 4. The van der Waals surface area contributed by atoms with Crippen molar-refractivity contribution in [2.24, 2.45) is 0 Å². The lowest BCUT2D eigenvalue weighted by Crippen LogP contribution is -2.29. The summed E-state index contributed by atoms with van der Waals surface area (Å²) in [4.78, 5) is 4.03. The van der Waals surface area contributed by atoms with Crippen LogP contribution in [0, 0.1) is 0 Å². The fourth-order valence-corrected chi connectivity index (χ4v) is 2.41. The molecule has 0 radical (unpaired) electrons. The summed E-state index contributed by atoms with van der Waals surface area (Å²) < 4.78 is 2.12. The Kier molecular flexibility index (Phi) is 3.32. The fraction of sp³-hybridized carbons (Fsp3) is 0.462. The average Bonchev–Trinajstić information content (AvgIpc) is 2.89. The first-order chi connectivity index (χ1) is 8.93. The van der Waals surface area contributed by atoms with Gasteiger partial charge in [-0.15, -0.1) is 10.2 Å². The zero-order valence-corrected chi connectivity index (χ0v) is 10.3. The van der Waals surface area contributed by atoms with Crippen molar-refractivity contribution in [2.45, 2.75) is 31.8 Å². The van der Waals surface area contributed by atoms with Gasteiger partial charge in [0.05, 0.1) is 12.6 Å². The maximum Gasteiger partial charge on any atom is 0.150 e.